The Morgan fingerprint density at radius 2 is 1.79 bits per heavy atom. The molecule has 2 aromatic heterocycles. The molecule has 1 aromatic carbocycles. The van der Waals surface area contributed by atoms with Gasteiger partial charge in [0.25, 0.3) is 11.8 Å². The molecular formula is C22H23N5O2. The first-order valence-electron chi connectivity index (χ1n) is 9.77. The van der Waals surface area contributed by atoms with E-state index >= 15 is 0 Å². The second-order valence-electron chi connectivity index (χ2n) is 7.02. The molecule has 0 atom stereocenters. The quantitative estimate of drug-likeness (QED) is 0.742. The van der Waals surface area contributed by atoms with Crippen molar-refractivity contribution in [3.63, 3.8) is 0 Å². The zero-order valence-corrected chi connectivity index (χ0v) is 16.3. The van der Waals surface area contributed by atoms with Crippen molar-refractivity contribution < 1.29 is 9.59 Å². The minimum absolute atomic E-state index is 0.0882. The number of anilines is 1. The zero-order chi connectivity index (χ0) is 20.2. The lowest BCUT2D eigenvalue weighted by atomic mass is 10.1. The lowest BCUT2D eigenvalue weighted by molar-refractivity contribution is 0.0643. The fourth-order valence-corrected chi connectivity index (χ4v) is 3.53. The van der Waals surface area contributed by atoms with Gasteiger partial charge in [0.15, 0.2) is 0 Å². The Balaban J connectivity index is 1.51. The maximum atomic E-state index is 12.8. The maximum Gasteiger partial charge on any atom is 0.257 e. The van der Waals surface area contributed by atoms with Crippen molar-refractivity contribution in [2.45, 2.75) is 6.92 Å². The van der Waals surface area contributed by atoms with Gasteiger partial charge in [-0.15, -0.1) is 0 Å². The van der Waals surface area contributed by atoms with Crippen molar-refractivity contribution in [3.8, 4) is 0 Å². The van der Waals surface area contributed by atoms with Crippen molar-refractivity contribution in [3.05, 3.63) is 66.1 Å². The molecular weight excluding hydrogens is 366 g/mol. The SMILES string of the molecule is CCN1CCN(C(=O)c2cncc(C(=O)Nc3cccc4cccnc34)c2)CC1. The van der Waals surface area contributed by atoms with Gasteiger partial charge in [-0.25, -0.2) is 0 Å². The Morgan fingerprint density at radius 1 is 1.03 bits per heavy atom. The molecule has 7 nitrogen and oxygen atoms in total. The second-order valence-corrected chi connectivity index (χ2v) is 7.02. The van der Waals surface area contributed by atoms with Gasteiger partial charge >= 0.3 is 0 Å². The van der Waals surface area contributed by atoms with Crippen LogP contribution in [0.3, 0.4) is 0 Å². The van der Waals surface area contributed by atoms with Crippen LogP contribution >= 0.6 is 0 Å². The van der Waals surface area contributed by atoms with Crippen molar-refractivity contribution in [2.75, 3.05) is 38.0 Å². The van der Waals surface area contributed by atoms with Gasteiger partial charge in [-0.2, -0.15) is 0 Å². The minimum Gasteiger partial charge on any atom is -0.336 e. The van der Waals surface area contributed by atoms with E-state index in [9.17, 15) is 9.59 Å². The lowest BCUT2D eigenvalue weighted by Crippen LogP contribution is -2.48. The molecule has 0 bridgehead atoms. The highest BCUT2D eigenvalue weighted by molar-refractivity contribution is 6.09. The third-order valence-corrected chi connectivity index (χ3v) is 5.24. The smallest absolute Gasteiger partial charge is 0.257 e. The number of aromatic nitrogens is 2. The Hall–Kier alpha value is -3.32. The van der Waals surface area contributed by atoms with Crippen LogP contribution < -0.4 is 5.32 Å². The van der Waals surface area contributed by atoms with Crippen LogP contribution in [-0.2, 0) is 0 Å². The first kappa shape index (κ1) is 19.0. The second kappa shape index (κ2) is 8.36. The molecule has 1 N–H and O–H groups in total. The summed E-state index contributed by atoms with van der Waals surface area (Å²) in [5.74, 6) is -0.407. The van der Waals surface area contributed by atoms with Crippen LogP contribution in [0.15, 0.2) is 55.0 Å². The standard InChI is InChI=1S/C22H23N5O2/c1-2-26-9-11-27(12-10-26)22(29)18-13-17(14-23-15-18)21(28)25-19-7-3-5-16-6-4-8-24-20(16)19/h3-8,13-15H,2,9-12H2,1H3,(H,25,28). The van der Waals surface area contributed by atoms with Crippen molar-refractivity contribution in [1.82, 2.24) is 19.8 Å². The van der Waals surface area contributed by atoms with Gasteiger partial charge < -0.3 is 15.1 Å². The number of pyridine rings is 2. The molecule has 3 aromatic rings. The molecule has 1 saturated heterocycles. The van der Waals surface area contributed by atoms with E-state index in [1.54, 1.807) is 12.3 Å². The number of hydrogen-bond acceptors (Lipinski definition) is 5. The maximum absolute atomic E-state index is 12.8. The number of amides is 2. The summed E-state index contributed by atoms with van der Waals surface area (Å²) < 4.78 is 0. The number of likely N-dealkylation sites (N-methyl/N-ethyl adjacent to an activating group) is 1. The summed E-state index contributed by atoms with van der Waals surface area (Å²) in [7, 11) is 0. The summed E-state index contributed by atoms with van der Waals surface area (Å²) >= 11 is 0. The number of carbonyl (C=O) groups is 2. The van der Waals surface area contributed by atoms with Gasteiger partial charge in [0.05, 0.1) is 22.3 Å². The third kappa shape index (κ3) is 4.09. The van der Waals surface area contributed by atoms with Crippen LogP contribution in [0.2, 0.25) is 0 Å². The van der Waals surface area contributed by atoms with Crippen molar-refractivity contribution in [1.29, 1.82) is 0 Å². The van der Waals surface area contributed by atoms with Crippen LogP contribution in [0.1, 0.15) is 27.6 Å². The molecule has 4 rings (SSSR count). The number of fused-ring (bicyclic) bond motifs is 1. The first-order valence-corrected chi connectivity index (χ1v) is 9.77. The summed E-state index contributed by atoms with van der Waals surface area (Å²) in [6, 6.07) is 11.0. The highest BCUT2D eigenvalue weighted by Gasteiger charge is 2.22. The molecule has 0 unspecified atom stereocenters. The summed E-state index contributed by atoms with van der Waals surface area (Å²) in [4.78, 5) is 38.2. The predicted molar refractivity (Wildman–Crippen MR) is 112 cm³/mol. The van der Waals surface area contributed by atoms with E-state index in [0.29, 0.717) is 29.9 Å². The Kier molecular flexibility index (Phi) is 5.48. The van der Waals surface area contributed by atoms with Crippen LogP contribution in [0.25, 0.3) is 10.9 Å². The normalized spacial score (nSPS) is 14.7. The number of para-hydroxylation sites is 1. The van der Waals surface area contributed by atoms with Gasteiger partial charge in [0.2, 0.25) is 0 Å². The lowest BCUT2D eigenvalue weighted by Gasteiger charge is -2.34. The monoisotopic (exact) mass is 389 g/mol. The average molecular weight is 389 g/mol. The number of benzene rings is 1. The highest BCUT2D eigenvalue weighted by atomic mass is 16.2. The summed E-state index contributed by atoms with van der Waals surface area (Å²) in [5, 5.41) is 3.83. The first-order chi connectivity index (χ1) is 14.2. The van der Waals surface area contributed by atoms with E-state index in [0.717, 1.165) is 30.5 Å². The van der Waals surface area contributed by atoms with Crippen LogP contribution in [0, 0.1) is 0 Å². The van der Waals surface area contributed by atoms with E-state index in [1.165, 1.54) is 12.4 Å². The zero-order valence-electron chi connectivity index (χ0n) is 16.3. The molecule has 1 aliphatic rings. The highest BCUT2D eigenvalue weighted by Crippen LogP contribution is 2.21. The van der Waals surface area contributed by atoms with Crippen molar-refractivity contribution >= 4 is 28.4 Å². The molecule has 1 fully saturated rings. The van der Waals surface area contributed by atoms with Crippen LogP contribution in [0.4, 0.5) is 5.69 Å². The topological polar surface area (TPSA) is 78.4 Å². The number of carbonyl (C=O) groups excluding carboxylic acids is 2. The van der Waals surface area contributed by atoms with Gasteiger partial charge in [-0.3, -0.25) is 19.6 Å². The van der Waals surface area contributed by atoms with Gasteiger partial charge in [-0.05, 0) is 24.7 Å². The number of rotatable bonds is 4. The average Bonchev–Trinajstić information content (AvgIpc) is 2.79. The summed E-state index contributed by atoms with van der Waals surface area (Å²) in [5.41, 5.74) is 2.12. The molecule has 0 spiro atoms. The number of nitrogens with zero attached hydrogens (tertiary/aromatic N) is 4. The Morgan fingerprint density at radius 3 is 2.59 bits per heavy atom. The van der Waals surface area contributed by atoms with Crippen LogP contribution in [0.5, 0.6) is 0 Å². The third-order valence-electron chi connectivity index (χ3n) is 5.24. The summed E-state index contributed by atoms with van der Waals surface area (Å²) in [6.07, 6.45) is 4.68. The summed E-state index contributed by atoms with van der Waals surface area (Å²) in [6.45, 7) is 6.21. The number of hydrogen-bond donors (Lipinski definition) is 1. The van der Waals surface area contributed by atoms with E-state index in [-0.39, 0.29) is 11.8 Å². The fourth-order valence-electron chi connectivity index (χ4n) is 3.53. The number of nitrogens with one attached hydrogen (secondary N) is 1. The Bertz CT molecular complexity index is 1040. The van der Waals surface area contributed by atoms with Gasteiger partial charge in [0.1, 0.15) is 0 Å². The fraction of sp³-hybridized carbons (Fsp3) is 0.273. The van der Waals surface area contributed by atoms with Crippen LogP contribution in [-0.4, -0.2) is 64.3 Å². The largest absolute Gasteiger partial charge is 0.336 e. The van der Waals surface area contributed by atoms with E-state index < -0.39 is 0 Å². The molecule has 148 valence electrons. The molecule has 0 aliphatic carbocycles. The molecule has 7 heteroatoms. The van der Waals surface area contributed by atoms with E-state index in [2.05, 4.69) is 27.1 Å². The molecule has 29 heavy (non-hydrogen) atoms. The molecule has 3 heterocycles. The van der Waals surface area contributed by atoms with Crippen molar-refractivity contribution in [2.24, 2.45) is 0 Å². The molecule has 0 saturated carbocycles. The molecule has 1 aliphatic heterocycles. The van der Waals surface area contributed by atoms with Gasteiger partial charge in [-0.1, -0.05) is 25.1 Å². The minimum atomic E-state index is -0.318. The number of piperazine rings is 1. The Labute approximate surface area is 169 Å². The molecule has 2 amide bonds. The molecule has 0 radical (unpaired) electrons. The van der Waals surface area contributed by atoms with Gasteiger partial charge in [0, 0.05) is 50.2 Å². The van der Waals surface area contributed by atoms with E-state index in [1.807, 2.05) is 35.2 Å². The van der Waals surface area contributed by atoms with E-state index in [4.69, 9.17) is 0 Å². The predicted octanol–water partition coefficient (Wildman–Crippen LogP) is 2.66.